The van der Waals surface area contributed by atoms with Crippen molar-refractivity contribution in [3.8, 4) is 39.1 Å². The minimum atomic E-state index is 0.921. The highest BCUT2D eigenvalue weighted by Gasteiger charge is 2.19. The van der Waals surface area contributed by atoms with Crippen LogP contribution in [0.4, 0.5) is 0 Å². The van der Waals surface area contributed by atoms with Gasteiger partial charge in [0, 0.05) is 42.6 Å². The zero-order chi connectivity index (χ0) is 33.5. The van der Waals surface area contributed by atoms with Crippen molar-refractivity contribution in [3.63, 3.8) is 0 Å². The van der Waals surface area contributed by atoms with Crippen molar-refractivity contribution in [1.29, 1.82) is 0 Å². The molecule has 3 heteroatoms. The maximum atomic E-state index is 6.44. The molecule has 3 aromatic heterocycles. The lowest BCUT2D eigenvalue weighted by molar-refractivity contribution is 0.670. The van der Waals surface area contributed by atoms with E-state index in [1.165, 1.54) is 69.9 Å². The van der Waals surface area contributed by atoms with Gasteiger partial charge in [-0.2, -0.15) is 0 Å². The van der Waals surface area contributed by atoms with Crippen molar-refractivity contribution in [2.24, 2.45) is 0 Å². The molecule has 0 saturated heterocycles. The molecule has 51 heavy (non-hydrogen) atoms. The number of furan rings is 1. The van der Waals surface area contributed by atoms with Crippen LogP contribution in [0.25, 0.3) is 103 Å². The van der Waals surface area contributed by atoms with Gasteiger partial charge < -0.3 is 8.98 Å². The van der Waals surface area contributed by atoms with Crippen LogP contribution in [0.2, 0.25) is 0 Å². The number of rotatable bonds is 4. The second kappa shape index (κ2) is 11.0. The lowest BCUT2D eigenvalue weighted by Crippen LogP contribution is -1.94. The molecular weight excluding hydrogens is 639 g/mol. The predicted octanol–water partition coefficient (Wildman–Crippen LogP) is 14.1. The van der Waals surface area contributed by atoms with Crippen molar-refractivity contribution >= 4 is 75.3 Å². The molecule has 0 aliphatic heterocycles. The Morgan fingerprint density at radius 3 is 1.71 bits per heavy atom. The Bertz CT molecular complexity index is 3030. The van der Waals surface area contributed by atoms with E-state index in [-0.39, 0.29) is 0 Å². The van der Waals surface area contributed by atoms with Gasteiger partial charge in [0.1, 0.15) is 11.2 Å². The van der Waals surface area contributed by atoms with E-state index >= 15 is 0 Å². The normalized spacial score (nSPS) is 11.9. The van der Waals surface area contributed by atoms with Crippen LogP contribution in [-0.4, -0.2) is 4.57 Å². The summed E-state index contributed by atoms with van der Waals surface area (Å²) in [6, 6.07) is 63.7. The molecule has 0 amide bonds. The summed E-state index contributed by atoms with van der Waals surface area (Å²) in [5.74, 6) is 0. The van der Waals surface area contributed by atoms with Crippen LogP contribution in [0.1, 0.15) is 0 Å². The minimum absolute atomic E-state index is 0.921. The monoisotopic (exact) mass is 667 g/mol. The number of benzene rings is 8. The SMILES string of the molecule is c1ccc(-c2ccc3c(c2)c2cc(-c4ccccc4)ccc2n3-c2cccc3c2sc2ccc(-c4cccc5c4oc4ccccc45)cc23)cc1. The van der Waals surface area contributed by atoms with Gasteiger partial charge in [0.15, 0.2) is 0 Å². The lowest BCUT2D eigenvalue weighted by Gasteiger charge is -2.10. The average Bonchev–Trinajstić information content (AvgIpc) is 3.87. The largest absolute Gasteiger partial charge is 0.455 e. The van der Waals surface area contributed by atoms with Crippen molar-refractivity contribution < 1.29 is 4.42 Å². The molecule has 2 nitrogen and oxygen atoms in total. The molecule has 0 aliphatic carbocycles. The van der Waals surface area contributed by atoms with E-state index in [0.717, 1.165) is 33.1 Å². The zero-order valence-corrected chi connectivity index (χ0v) is 28.3. The first-order valence-corrected chi connectivity index (χ1v) is 18.2. The van der Waals surface area contributed by atoms with Gasteiger partial charge in [0.05, 0.1) is 21.4 Å². The molecule has 11 rings (SSSR count). The zero-order valence-electron chi connectivity index (χ0n) is 27.5. The summed E-state index contributed by atoms with van der Waals surface area (Å²) < 4.78 is 11.5. The van der Waals surface area contributed by atoms with Crippen LogP contribution < -0.4 is 0 Å². The smallest absolute Gasteiger partial charge is 0.143 e. The van der Waals surface area contributed by atoms with Crippen molar-refractivity contribution in [3.05, 3.63) is 176 Å². The second-order valence-electron chi connectivity index (χ2n) is 13.3. The highest BCUT2D eigenvalue weighted by Crippen LogP contribution is 2.44. The van der Waals surface area contributed by atoms with E-state index in [1.807, 2.05) is 17.4 Å². The Labute approximate surface area is 298 Å². The molecule has 3 heterocycles. The number of fused-ring (bicyclic) bond motifs is 9. The van der Waals surface area contributed by atoms with Gasteiger partial charge in [-0.3, -0.25) is 0 Å². The fourth-order valence-electron chi connectivity index (χ4n) is 8.00. The van der Waals surface area contributed by atoms with Crippen LogP contribution in [0.15, 0.2) is 180 Å². The first-order chi connectivity index (χ1) is 25.3. The van der Waals surface area contributed by atoms with Crippen molar-refractivity contribution in [1.82, 2.24) is 4.57 Å². The Kier molecular flexibility index (Phi) is 6.16. The summed E-state index contributed by atoms with van der Waals surface area (Å²) in [6.07, 6.45) is 0. The number of aromatic nitrogens is 1. The summed E-state index contributed by atoms with van der Waals surface area (Å²) in [5.41, 5.74) is 12.6. The predicted molar refractivity (Wildman–Crippen MR) is 217 cm³/mol. The molecule has 0 bridgehead atoms. The van der Waals surface area contributed by atoms with Gasteiger partial charge in [-0.1, -0.05) is 127 Å². The van der Waals surface area contributed by atoms with E-state index in [0.29, 0.717) is 0 Å². The fourth-order valence-corrected chi connectivity index (χ4v) is 9.19. The molecule has 0 aliphatic rings. The third kappa shape index (κ3) is 4.35. The summed E-state index contributed by atoms with van der Waals surface area (Å²) in [7, 11) is 0. The number of thiophene rings is 1. The Morgan fingerprint density at radius 2 is 0.980 bits per heavy atom. The standard InChI is InChI=1S/C48H29NOS/c1-3-11-30(12-4-1)32-21-24-42-39(27-32)40-28-33(31-13-5-2-6-14-31)22-25-43(40)49(42)44-19-10-18-38-41-29-34(23-26-46(41)51-48(38)44)35-16-9-17-37-36-15-7-8-20-45(36)50-47(35)37/h1-29H. The molecule has 0 radical (unpaired) electrons. The summed E-state index contributed by atoms with van der Waals surface area (Å²) in [5, 5.41) is 7.34. The van der Waals surface area contributed by atoms with Gasteiger partial charge in [0.2, 0.25) is 0 Å². The highest BCUT2D eigenvalue weighted by atomic mass is 32.1. The van der Waals surface area contributed by atoms with Crippen LogP contribution in [0.3, 0.4) is 0 Å². The highest BCUT2D eigenvalue weighted by molar-refractivity contribution is 7.26. The molecule has 238 valence electrons. The summed E-state index contributed by atoms with van der Waals surface area (Å²) in [6.45, 7) is 0. The molecule has 0 spiro atoms. The van der Waals surface area contributed by atoms with Crippen molar-refractivity contribution in [2.45, 2.75) is 0 Å². The van der Waals surface area contributed by atoms with E-state index in [4.69, 9.17) is 4.42 Å². The molecular formula is C48H29NOS. The average molecular weight is 668 g/mol. The van der Waals surface area contributed by atoms with E-state index in [2.05, 4.69) is 174 Å². The first-order valence-electron chi connectivity index (χ1n) is 17.3. The van der Waals surface area contributed by atoms with Gasteiger partial charge in [-0.05, 0) is 76.3 Å². The fraction of sp³-hybridized carbons (Fsp3) is 0. The molecule has 8 aromatic carbocycles. The van der Waals surface area contributed by atoms with E-state index in [1.54, 1.807) is 0 Å². The van der Waals surface area contributed by atoms with Crippen LogP contribution in [0, 0.1) is 0 Å². The van der Waals surface area contributed by atoms with E-state index in [9.17, 15) is 0 Å². The minimum Gasteiger partial charge on any atom is -0.455 e. The van der Waals surface area contributed by atoms with Crippen molar-refractivity contribution in [2.75, 3.05) is 0 Å². The van der Waals surface area contributed by atoms with Gasteiger partial charge in [0.25, 0.3) is 0 Å². The maximum Gasteiger partial charge on any atom is 0.143 e. The third-order valence-corrected chi connectivity index (χ3v) is 11.6. The molecule has 0 saturated carbocycles. The molecule has 11 aromatic rings. The second-order valence-corrected chi connectivity index (χ2v) is 14.3. The van der Waals surface area contributed by atoms with Crippen LogP contribution >= 0.6 is 11.3 Å². The van der Waals surface area contributed by atoms with Gasteiger partial charge >= 0.3 is 0 Å². The van der Waals surface area contributed by atoms with Crippen LogP contribution in [-0.2, 0) is 0 Å². The Morgan fingerprint density at radius 1 is 0.392 bits per heavy atom. The third-order valence-electron chi connectivity index (χ3n) is 10.4. The molecule has 0 N–H and O–H groups in total. The Hall–Kier alpha value is -6.42. The first kappa shape index (κ1) is 28.4. The maximum absolute atomic E-state index is 6.44. The van der Waals surface area contributed by atoms with Gasteiger partial charge in [-0.25, -0.2) is 0 Å². The molecule has 0 atom stereocenters. The molecule has 0 fully saturated rings. The lowest BCUT2D eigenvalue weighted by atomic mass is 10.0. The number of hydrogen-bond acceptors (Lipinski definition) is 2. The summed E-state index contributed by atoms with van der Waals surface area (Å²) >= 11 is 1.87. The quantitative estimate of drug-likeness (QED) is 0.183. The Balaban J connectivity index is 1.14. The number of hydrogen-bond donors (Lipinski definition) is 0. The number of nitrogens with zero attached hydrogens (tertiary/aromatic N) is 1. The topological polar surface area (TPSA) is 18.1 Å². The molecule has 0 unspecified atom stereocenters. The summed E-state index contributed by atoms with van der Waals surface area (Å²) in [4.78, 5) is 0. The van der Waals surface area contributed by atoms with Crippen LogP contribution in [0.5, 0.6) is 0 Å². The number of para-hydroxylation sites is 2. The van der Waals surface area contributed by atoms with E-state index < -0.39 is 0 Å². The van der Waals surface area contributed by atoms with Gasteiger partial charge in [-0.15, -0.1) is 11.3 Å².